The standard InChI is InChI=1S/C12H12BrNS2/c13-10-2-1-3-11(6-10)16-8-12(14)9-4-5-15-7-9/h1-7,12H,8,14H2. The summed E-state index contributed by atoms with van der Waals surface area (Å²) in [4.78, 5) is 1.25. The van der Waals surface area contributed by atoms with Gasteiger partial charge in [0.05, 0.1) is 0 Å². The van der Waals surface area contributed by atoms with Gasteiger partial charge in [-0.1, -0.05) is 22.0 Å². The molecular weight excluding hydrogens is 302 g/mol. The zero-order valence-electron chi connectivity index (χ0n) is 8.60. The van der Waals surface area contributed by atoms with Crippen molar-refractivity contribution < 1.29 is 0 Å². The number of benzene rings is 1. The third kappa shape index (κ3) is 3.35. The van der Waals surface area contributed by atoms with Crippen LogP contribution in [0.5, 0.6) is 0 Å². The van der Waals surface area contributed by atoms with Crippen LogP contribution in [0, 0.1) is 0 Å². The fourth-order valence-electron chi connectivity index (χ4n) is 1.32. The zero-order chi connectivity index (χ0) is 11.4. The maximum Gasteiger partial charge on any atom is 0.0398 e. The quantitative estimate of drug-likeness (QED) is 0.851. The highest BCUT2D eigenvalue weighted by atomic mass is 79.9. The lowest BCUT2D eigenvalue weighted by molar-refractivity contribution is 0.836. The summed E-state index contributed by atoms with van der Waals surface area (Å²) in [6.45, 7) is 0. The molecule has 0 aliphatic heterocycles. The van der Waals surface area contributed by atoms with Crippen molar-refractivity contribution in [2.24, 2.45) is 5.73 Å². The summed E-state index contributed by atoms with van der Waals surface area (Å²) < 4.78 is 1.11. The predicted octanol–water partition coefficient (Wildman–Crippen LogP) is 4.30. The SMILES string of the molecule is NC(CSc1cccc(Br)c1)c1ccsc1. The average Bonchev–Trinajstić information content (AvgIpc) is 2.79. The van der Waals surface area contributed by atoms with Crippen molar-refractivity contribution in [3.63, 3.8) is 0 Å². The lowest BCUT2D eigenvalue weighted by Crippen LogP contribution is -2.11. The van der Waals surface area contributed by atoms with Crippen LogP contribution in [0.2, 0.25) is 0 Å². The van der Waals surface area contributed by atoms with E-state index in [0.717, 1.165) is 10.2 Å². The molecule has 2 N–H and O–H groups in total. The molecule has 1 unspecified atom stereocenters. The van der Waals surface area contributed by atoms with E-state index in [1.54, 1.807) is 23.1 Å². The van der Waals surface area contributed by atoms with E-state index >= 15 is 0 Å². The van der Waals surface area contributed by atoms with Crippen LogP contribution in [0.1, 0.15) is 11.6 Å². The van der Waals surface area contributed by atoms with Gasteiger partial charge in [-0.25, -0.2) is 0 Å². The maximum absolute atomic E-state index is 6.10. The number of halogens is 1. The van der Waals surface area contributed by atoms with Gasteiger partial charge in [-0.05, 0) is 40.6 Å². The molecular formula is C12H12BrNS2. The molecule has 0 saturated carbocycles. The van der Waals surface area contributed by atoms with Crippen molar-refractivity contribution in [3.8, 4) is 0 Å². The minimum atomic E-state index is 0.121. The highest BCUT2D eigenvalue weighted by Gasteiger charge is 2.06. The molecule has 16 heavy (non-hydrogen) atoms. The highest BCUT2D eigenvalue weighted by molar-refractivity contribution is 9.10. The molecule has 0 bridgehead atoms. The van der Waals surface area contributed by atoms with Gasteiger partial charge in [0.1, 0.15) is 0 Å². The first kappa shape index (κ1) is 12.2. The normalized spacial score (nSPS) is 12.6. The molecule has 1 atom stereocenters. The third-order valence-electron chi connectivity index (χ3n) is 2.20. The molecule has 0 aliphatic rings. The van der Waals surface area contributed by atoms with Gasteiger partial charge in [-0.15, -0.1) is 11.8 Å². The molecule has 1 aromatic heterocycles. The third-order valence-corrected chi connectivity index (χ3v) is 4.50. The van der Waals surface area contributed by atoms with E-state index in [2.05, 4.69) is 44.9 Å². The Morgan fingerprint density at radius 1 is 1.38 bits per heavy atom. The van der Waals surface area contributed by atoms with Crippen molar-refractivity contribution in [1.82, 2.24) is 0 Å². The first-order valence-electron chi connectivity index (χ1n) is 4.92. The summed E-state index contributed by atoms with van der Waals surface area (Å²) in [7, 11) is 0. The van der Waals surface area contributed by atoms with E-state index in [-0.39, 0.29) is 6.04 Å². The minimum absolute atomic E-state index is 0.121. The van der Waals surface area contributed by atoms with Crippen LogP contribution in [0.25, 0.3) is 0 Å². The molecule has 84 valence electrons. The summed E-state index contributed by atoms with van der Waals surface area (Å²) in [5.74, 6) is 0.910. The number of thiophene rings is 1. The summed E-state index contributed by atoms with van der Waals surface area (Å²) in [6.07, 6.45) is 0. The zero-order valence-corrected chi connectivity index (χ0v) is 11.8. The average molecular weight is 314 g/mol. The molecule has 1 heterocycles. The second-order valence-electron chi connectivity index (χ2n) is 3.43. The van der Waals surface area contributed by atoms with E-state index in [4.69, 9.17) is 5.73 Å². The molecule has 0 radical (unpaired) electrons. The van der Waals surface area contributed by atoms with Crippen LogP contribution in [0.15, 0.2) is 50.5 Å². The number of nitrogens with two attached hydrogens (primary N) is 1. The Morgan fingerprint density at radius 3 is 2.94 bits per heavy atom. The maximum atomic E-state index is 6.10. The van der Waals surface area contributed by atoms with Crippen molar-refractivity contribution in [1.29, 1.82) is 0 Å². The number of rotatable bonds is 4. The molecule has 2 rings (SSSR count). The lowest BCUT2D eigenvalue weighted by Gasteiger charge is -2.09. The van der Waals surface area contributed by atoms with E-state index < -0.39 is 0 Å². The van der Waals surface area contributed by atoms with E-state index in [9.17, 15) is 0 Å². The van der Waals surface area contributed by atoms with Crippen LogP contribution >= 0.6 is 39.0 Å². The van der Waals surface area contributed by atoms with Gasteiger partial charge in [0, 0.05) is 21.2 Å². The monoisotopic (exact) mass is 313 g/mol. The first-order valence-corrected chi connectivity index (χ1v) is 7.64. The highest BCUT2D eigenvalue weighted by Crippen LogP contribution is 2.26. The van der Waals surface area contributed by atoms with E-state index in [0.29, 0.717) is 0 Å². The van der Waals surface area contributed by atoms with Gasteiger partial charge >= 0.3 is 0 Å². The molecule has 1 aromatic carbocycles. The summed E-state index contributed by atoms with van der Waals surface area (Å²) >= 11 is 6.95. The summed E-state index contributed by atoms with van der Waals surface area (Å²) in [5, 5.41) is 4.19. The van der Waals surface area contributed by atoms with E-state index in [1.807, 2.05) is 12.1 Å². The second kappa shape index (κ2) is 5.87. The Hall–Kier alpha value is -0.290. The van der Waals surface area contributed by atoms with Gasteiger partial charge in [0.25, 0.3) is 0 Å². The Morgan fingerprint density at radius 2 is 2.25 bits per heavy atom. The molecule has 0 amide bonds. The first-order chi connectivity index (χ1) is 7.75. The van der Waals surface area contributed by atoms with Gasteiger partial charge in [-0.3, -0.25) is 0 Å². The van der Waals surface area contributed by atoms with Crippen LogP contribution in [0.3, 0.4) is 0 Å². The van der Waals surface area contributed by atoms with Crippen LogP contribution in [-0.4, -0.2) is 5.75 Å². The number of hydrogen-bond acceptors (Lipinski definition) is 3. The Balaban J connectivity index is 1.92. The topological polar surface area (TPSA) is 26.0 Å². The fraction of sp³-hybridized carbons (Fsp3) is 0.167. The Labute approximate surface area is 112 Å². The van der Waals surface area contributed by atoms with Gasteiger partial charge < -0.3 is 5.73 Å². The Kier molecular flexibility index (Phi) is 4.46. The lowest BCUT2D eigenvalue weighted by atomic mass is 10.2. The van der Waals surface area contributed by atoms with Crippen molar-refractivity contribution in [3.05, 3.63) is 51.1 Å². The van der Waals surface area contributed by atoms with Crippen LogP contribution in [-0.2, 0) is 0 Å². The predicted molar refractivity (Wildman–Crippen MR) is 76.1 cm³/mol. The summed E-state index contributed by atoms with van der Waals surface area (Å²) in [5.41, 5.74) is 7.33. The van der Waals surface area contributed by atoms with Gasteiger partial charge in [0.15, 0.2) is 0 Å². The smallest absolute Gasteiger partial charge is 0.0398 e. The molecule has 0 saturated heterocycles. The minimum Gasteiger partial charge on any atom is -0.323 e. The fourth-order valence-corrected chi connectivity index (χ4v) is 3.55. The van der Waals surface area contributed by atoms with Crippen molar-refractivity contribution >= 4 is 39.0 Å². The van der Waals surface area contributed by atoms with Gasteiger partial charge in [0.2, 0.25) is 0 Å². The molecule has 4 heteroatoms. The summed E-state index contributed by atoms with van der Waals surface area (Å²) in [6, 6.07) is 10.5. The molecule has 0 spiro atoms. The molecule has 2 aromatic rings. The molecule has 0 aliphatic carbocycles. The largest absolute Gasteiger partial charge is 0.323 e. The molecule has 1 nitrogen and oxygen atoms in total. The van der Waals surface area contributed by atoms with Crippen LogP contribution < -0.4 is 5.73 Å². The van der Waals surface area contributed by atoms with E-state index in [1.165, 1.54) is 10.5 Å². The Bertz CT molecular complexity index is 442. The van der Waals surface area contributed by atoms with Crippen molar-refractivity contribution in [2.75, 3.05) is 5.75 Å². The second-order valence-corrected chi connectivity index (χ2v) is 6.22. The molecule has 0 fully saturated rings. The number of thioether (sulfide) groups is 1. The van der Waals surface area contributed by atoms with Gasteiger partial charge in [-0.2, -0.15) is 11.3 Å². The van der Waals surface area contributed by atoms with Crippen molar-refractivity contribution in [2.45, 2.75) is 10.9 Å². The van der Waals surface area contributed by atoms with Crippen LogP contribution in [0.4, 0.5) is 0 Å². The number of hydrogen-bond donors (Lipinski definition) is 1.